The number of nitrogens with one attached hydrogen (secondary N) is 2. The second-order valence-corrected chi connectivity index (χ2v) is 17.4. The number of fused-ring (bicyclic) bond motifs is 3. The Kier molecular flexibility index (Phi) is 12.2. The Morgan fingerprint density at radius 2 is 1.64 bits per heavy atom. The van der Waals surface area contributed by atoms with Gasteiger partial charge in [-0.2, -0.15) is 0 Å². The number of amides is 3. The molecule has 2 aliphatic heterocycles. The van der Waals surface area contributed by atoms with Gasteiger partial charge in [-0.3, -0.25) is 9.78 Å². The van der Waals surface area contributed by atoms with Crippen molar-refractivity contribution >= 4 is 41.1 Å². The smallest absolute Gasteiger partial charge is 0.326 e. The average Bonchev–Trinajstić information content (AvgIpc) is 3.71. The molecular formula is C51H46Cl2N4O7. The molecule has 0 fully saturated rings. The first-order chi connectivity index (χ1) is 31.0. The number of nitrogens with zero attached hydrogens (tertiary/aromatic N) is 2. The van der Waals surface area contributed by atoms with E-state index in [2.05, 4.69) is 21.7 Å². The maximum absolute atomic E-state index is 14.3. The van der Waals surface area contributed by atoms with Crippen LogP contribution < -0.4 is 24.8 Å². The highest BCUT2D eigenvalue weighted by Crippen LogP contribution is 2.41. The van der Waals surface area contributed by atoms with Crippen LogP contribution in [0.4, 0.5) is 4.79 Å². The van der Waals surface area contributed by atoms with Gasteiger partial charge in [-0.05, 0) is 125 Å². The van der Waals surface area contributed by atoms with Gasteiger partial charge in [-0.25, -0.2) is 9.59 Å². The molecule has 3 amide bonds. The average molecular weight is 898 g/mol. The molecule has 0 saturated heterocycles. The fraction of sp³-hybridized carbons (Fsp3) is 0.255. The summed E-state index contributed by atoms with van der Waals surface area (Å²) in [5, 5.41) is 17.3. The summed E-state index contributed by atoms with van der Waals surface area (Å²) in [4.78, 5) is 47.3. The largest absolute Gasteiger partial charge is 0.489 e. The van der Waals surface area contributed by atoms with Crippen LogP contribution in [0.3, 0.4) is 0 Å². The van der Waals surface area contributed by atoms with E-state index in [0.717, 1.165) is 68.6 Å². The Bertz CT molecular complexity index is 2750. The Labute approximate surface area is 381 Å². The summed E-state index contributed by atoms with van der Waals surface area (Å²) in [7, 11) is 0. The van der Waals surface area contributed by atoms with Gasteiger partial charge in [0.05, 0.1) is 16.1 Å². The highest BCUT2D eigenvalue weighted by Gasteiger charge is 2.39. The van der Waals surface area contributed by atoms with E-state index in [4.69, 9.17) is 37.4 Å². The number of ether oxygens (including phenoxy) is 3. The Balaban J connectivity index is 0.921. The number of urea groups is 1. The molecule has 1 aliphatic carbocycles. The second-order valence-electron chi connectivity index (χ2n) is 16.5. The van der Waals surface area contributed by atoms with E-state index in [0.29, 0.717) is 33.9 Å². The van der Waals surface area contributed by atoms with E-state index < -0.39 is 36.1 Å². The van der Waals surface area contributed by atoms with Crippen LogP contribution in [-0.4, -0.2) is 51.6 Å². The summed E-state index contributed by atoms with van der Waals surface area (Å²) >= 11 is 12.2. The zero-order valence-corrected chi connectivity index (χ0v) is 36.8. The van der Waals surface area contributed by atoms with Crippen LogP contribution in [0, 0.1) is 13.8 Å². The van der Waals surface area contributed by atoms with Gasteiger partial charge in [0.2, 0.25) is 5.91 Å². The van der Waals surface area contributed by atoms with E-state index in [1.54, 1.807) is 18.3 Å². The van der Waals surface area contributed by atoms with Crippen LogP contribution in [0.25, 0.3) is 11.1 Å². The summed E-state index contributed by atoms with van der Waals surface area (Å²) in [6, 6.07) is 31.5. The zero-order chi connectivity index (χ0) is 44.5. The number of carboxylic acid groups (broad SMARTS) is 1. The minimum atomic E-state index is -1.24. The van der Waals surface area contributed by atoms with Gasteiger partial charge in [-0.1, -0.05) is 89.9 Å². The first kappa shape index (κ1) is 42.7. The van der Waals surface area contributed by atoms with E-state index >= 15 is 0 Å². The first-order valence-corrected chi connectivity index (χ1v) is 22.0. The summed E-state index contributed by atoms with van der Waals surface area (Å²) < 4.78 is 18.8. The van der Waals surface area contributed by atoms with Crippen molar-refractivity contribution in [1.82, 2.24) is 20.5 Å². The third-order valence-corrected chi connectivity index (χ3v) is 13.2. The first-order valence-electron chi connectivity index (χ1n) is 21.3. The molecule has 0 bridgehead atoms. The van der Waals surface area contributed by atoms with Gasteiger partial charge in [0.25, 0.3) is 0 Å². The Morgan fingerprint density at radius 1 is 0.875 bits per heavy atom. The molecule has 6 aromatic rings. The molecule has 326 valence electrons. The van der Waals surface area contributed by atoms with E-state index in [1.165, 1.54) is 10.5 Å². The maximum Gasteiger partial charge on any atom is 0.326 e. The van der Waals surface area contributed by atoms with Gasteiger partial charge < -0.3 is 34.9 Å². The minimum absolute atomic E-state index is 0.0540. The molecule has 3 aliphatic rings. The number of benzene rings is 5. The molecule has 3 N–H and O–H groups in total. The number of rotatable bonds is 11. The number of halogens is 2. The monoisotopic (exact) mass is 896 g/mol. The number of pyridine rings is 1. The lowest BCUT2D eigenvalue weighted by Gasteiger charge is -2.38. The molecule has 64 heavy (non-hydrogen) atoms. The standard InChI is InChI=1S/C51H46Cl2N4O7/c1-29-30(2)54-20-19-39(29)34-10-7-31(8-11-34)22-44(50(59)60)55-49(58)45-23-36-24-46-47(25-37(36)26-57(45)51(61)56-43-18-14-33-5-3-4-6-40(33)43)64-48(28-63-46)35-12-15-38(16-13-35)62-27-32-9-17-41(52)42(53)21-32/h3-13,15-17,19-21,24-25,43-45,48H,14,18,22-23,26-28H2,1-2H3,(H,55,58)(H,56,61)(H,59,60)/t43?,44?,45-,48+/m0/s1. The summed E-state index contributed by atoms with van der Waals surface area (Å²) in [5.74, 6) is -0.00455. The van der Waals surface area contributed by atoms with Crippen molar-refractivity contribution in [2.24, 2.45) is 0 Å². The lowest BCUT2D eigenvalue weighted by Crippen LogP contribution is -2.58. The van der Waals surface area contributed by atoms with Crippen LogP contribution in [-0.2, 0) is 42.0 Å². The molecule has 1 aromatic heterocycles. The molecular weight excluding hydrogens is 851 g/mol. The Morgan fingerprint density at radius 3 is 2.42 bits per heavy atom. The summed E-state index contributed by atoms with van der Waals surface area (Å²) in [6.07, 6.45) is 3.12. The van der Waals surface area contributed by atoms with Crippen molar-refractivity contribution in [3.8, 4) is 28.4 Å². The maximum atomic E-state index is 14.3. The number of aliphatic carboxylic acids is 1. The van der Waals surface area contributed by atoms with Gasteiger partial charge in [0, 0.05) is 31.3 Å². The number of carboxylic acids is 1. The van der Waals surface area contributed by atoms with Crippen LogP contribution in [0.2, 0.25) is 10.0 Å². The molecule has 3 heterocycles. The van der Waals surface area contributed by atoms with Gasteiger partial charge in [-0.15, -0.1) is 0 Å². The molecule has 0 saturated carbocycles. The number of hydrogen-bond acceptors (Lipinski definition) is 7. The van der Waals surface area contributed by atoms with Gasteiger partial charge >= 0.3 is 12.0 Å². The second kappa shape index (κ2) is 18.3. The van der Waals surface area contributed by atoms with Crippen molar-refractivity contribution < 1.29 is 33.7 Å². The number of aromatic nitrogens is 1. The highest BCUT2D eigenvalue weighted by molar-refractivity contribution is 6.42. The van der Waals surface area contributed by atoms with Crippen molar-refractivity contribution in [2.45, 2.75) is 76.9 Å². The lowest BCUT2D eigenvalue weighted by atomic mass is 9.92. The molecule has 11 nitrogen and oxygen atoms in total. The molecule has 5 aromatic carbocycles. The third-order valence-electron chi connectivity index (χ3n) is 12.5. The molecule has 2 unspecified atom stereocenters. The van der Waals surface area contributed by atoms with E-state index in [-0.39, 0.29) is 32.0 Å². The summed E-state index contributed by atoms with van der Waals surface area (Å²) in [6.45, 7) is 4.65. The molecule has 0 spiro atoms. The number of hydrogen-bond donors (Lipinski definition) is 3. The predicted molar refractivity (Wildman–Crippen MR) is 244 cm³/mol. The molecule has 4 atom stereocenters. The SMILES string of the molecule is Cc1nccc(-c2ccc(CC(NC(=O)[C@@H]3Cc4cc5c(cc4CN3C(=O)NC3CCc4ccccc43)O[C@@H](c3ccc(OCc4ccc(Cl)c(Cl)c4)cc3)CO5)C(=O)O)cc2)c1C. The summed E-state index contributed by atoms with van der Waals surface area (Å²) in [5.41, 5.74) is 10.4. The van der Waals surface area contributed by atoms with E-state index in [9.17, 15) is 19.5 Å². The fourth-order valence-electron chi connectivity index (χ4n) is 8.75. The minimum Gasteiger partial charge on any atom is -0.489 e. The number of carbonyl (C=O) groups is 3. The highest BCUT2D eigenvalue weighted by atomic mass is 35.5. The normalized spacial score (nSPS) is 17.8. The Hall–Kier alpha value is -6.56. The number of aryl methyl sites for hydroxylation is 2. The number of carbonyl (C=O) groups excluding carboxylic acids is 2. The molecule has 13 heteroatoms. The van der Waals surface area contributed by atoms with Crippen LogP contribution in [0.15, 0.2) is 115 Å². The van der Waals surface area contributed by atoms with Gasteiger partial charge in [0.15, 0.2) is 17.6 Å². The predicted octanol–water partition coefficient (Wildman–Crippen LogP) is 9.70. The lowest BCUT2D eigenvalue weighted by molar-refractivity contribution is -0.142. The molecule has 9 rings (SSSR count). The van der Waals surface area contributed by atoms with Crippen molar-refractivity contribution in [2.75, 3.05) is 6.61 Å². The fourth-order valence-corrected chi connectivity index (χ4v) is 9.07. The van der Waals surface area contributed by atoms with Crippen molar-refractivity contribution in [3.05, 3.63) is 176 Å². The quantitative estimate of drug-likeness (QED) is 0.117. The van der Waals surface area contributed by atoms with Crippen molar-refractivity contribution in [1.29, 1.82) is 0 Å². The van der Waals surface area contributed by atoms with Crippen molar-refractivity contribution in [3.63, 3.8) is 0 Å². The van der Waals surface area contributed by atoms with Crippen LogP contribution >= 0.6 is 23.2 Å². The third kappa shape index (κ3) is 9.09. The zero-order valence-electron chi connectivity index (χ0n) is 35.3. The van der Waals surface area contributed by atoms with E-state index in [1.807, 2.05) is 105 Å². The van der Waals surface area contributed by atoms with Gasteiger partial charge in [0.1, 0.15) is 31.0 Å². The molecule has 0 radical (unpaired) electrons. The topological polar surface area (TPSA) is 139 Å². The van der Waals surface area contributed by atoms with Crippen LogP contribution in [0.5, 0.6) is 17.2 Å². The van der Waals surface area contributed by atoms with Crippen LogP contribution in [0.1, 0.15) is 68.8 Å².